The summed E-state index contributed by atoms with van der Waals surface area (Å²) in [5.41, 5.74) is 2.93. The molecule has 1 aliphatic heterocycles. The summed E-state index contributed by atoms with van der Waals surface area (Å²) in [4.78, 5) is 26.7. The summed E-state index contributed by atoms with van der Waals surface area (Å²) in [6.45, 7) is 8.37. The van der Waals surface area contributed by atoms with Crippen LogP contribution in [0.3, 0.4) is 0 Å². The highest BCUT2D eigenvalue weighted by molar-refractivity contribution is 5.82. The molecule has 0 bridgehead atoms. The Bertz CT molecular complexity index is 970. The predicted molar refractivity (Wildman–Crippen MR) is 121 cm³/mol. The van der Waals surface area contributed by atoms with Crippen molar-refractivity contribution < 1.29 is 19.1 Å². The molecule has 0 aliphatic carbocycles. The average Bonchev–Trinajstić information content (AvgIpc) is 2.75. The summed E-state index contributed by atoms with van der Waals surface area (Å²) in [6.07, 6.45) is 3.84. The number of amides is 2. The molecule has 0 saturated heterocycles. The number of carbonyl (C=O) groups excluding carboxylic acids is 2. The third-order valence-electron chi connectivity index (χ3n) is 5.29. The van der Waals surface area contributed by atoms with Gasteiger partial charge in [0.2, 0.25) is 11.8 Å². The monoisotopic (exact) mass is 422 g/mol. The molecular formula is C25H30N2O4. The van der Waals surface area contributed by atoms with Crippen LogP contribution in [0, 0.1) is 0 Å². The lowest BCUT2D eigenvalue weighted by Crippen LogP contribution is -2.36. The van der Waals surface area contributed by atoms with E-state index in [-0.39, 0.29) is 30.3 Å². The van der Waals surface area contributed by atoms with Gasteiger partial charge in [0.05, 0.1) is 31.7 Å². The molecule has 0 spiro atoms. The zero-order valence-electron chi connectivity index (χ0n) is 18.6. The van der Waals surface area contributed by atoms with Gasteiger partial charge in [0.25, 0.3) is 0 Å². The number of benzene rings is 2. The molecule has 2 aromatic rings. The Labute approximate surface area is 183 Å². The van der Waals surface area contributed by atoms with E-state index in [4.69, 9.17) is 9.47 Å². The molecule has 0 saturated carbocycles. The van der Waals surface area contributed by atoms with Crippen LogP contribution in [0.2, 0.25) is 0 Å². The molecular weight excluding hydrogens is 392 g/mol. The maximum absolute atomic E-state index is 12.9. The van der Waals surface area contributed by atoms with Crippen molar-refractivity contribution in [2.75, 3.05) is 13.2 Å². The van der Waals surface area contributed by atoms with Crippen molar-refractivity contribution in [2.24, 2.45) is 0 Å². The fraction of sp³-hybridized carbons (Fsp3) is 0.360. The Morgan fingerprint density at radius 1 is 1.06 bits per heavy atom. The molecule has 0 radical (unpaired) electrons. The third-order valence-corrected chi connectivity index (χ3v) is 5.29. The van der Waals surface area contributed by atoms with Gasteiger partial charge in [-0.3, -0.25) is 9.59 Å². The maximum atomic E-state index is 12.9. The summed E-state index contributed by atoms with van der Waals surface area (Å²) in [5.74, 6) is 1.14. The van der Waals surface area contributed by atoms with Crippen LogP contribution in [-0.4, -0.2) is 29.9 Å². The normalized spacial score (nSPS) is 15.7. The van der Waals surface area contributed by atoms with Gasteiger partial charge in [0, 0.05) is 13.1 Å². The van der Waals surface area contributed by atoms with Gasteiger partial charge >= 0.3 is 0 Å². The van der Waals surface area contributed by atoms with E-state index in [1.165, 1.54) is 6.92 Å². The Balaban J connectivity index is 1.74. The second-order valence-corrected chi connectivity index (χ2v) is 7.45. The van der Waals surface area contributed by atoms with Crippen LogP contribution < -0.4 is 14.8 Å². The molecule has 6 nitrogen and oxygen atoms in total. The first-order valence-corrected chi connectivity index (χ1v) is 10.7. The van der Waals surface area contributed by atoms with E-state index in [9.17, 15) is 9.59 Å². The average molecular weight is 423 g/mol. The Kier molecular flexibility index (Phi) is 7.34. The number of ether oxygens (including phenoxy) is 2. The molecule has 2 atom stereocenters. The lowest BCUT2D eigenvalue weighted by atomic mass is 9.93. The second-order valence-electron chi connectivity index (χ2n) is 7.45. The van der Waals surface area contributed by atoms with Gasteiger partial charge in [0.15, 0.2) is 11.5 Å². The molecule has 1 aliphatic rings. The smallest absolute Gasteiger partial charge is 0.223 e. The van der Waals surface area contributed by atoms with Crippen LogP contribution in [0.15, 0.2) is 48.7 Å². The predicted octanol–water partition coefficient (Wildman–Crippen LogP) is 4.63. The van der Waals surface area contributed by atoms with E-state index in [1.807, 2.05) is 69.3 Å². The largest absolute Gasteiger partial charge is 0.490 e. The van der Waals surface area contributed by atoms with Crippen LogP contribution in [0.4, 0.5) is 0 Å². The number of carbonyl (C=O) groups is 2. The number of hydrogen-bond donors (Lipinski definition) is 1. The minimum atomic E-state index is -0.329. The SMILES string of the molecule is CCOc1ccc(C(C)NC(=O)CC2c3ccccc3C=CN2C(C)=O)cc1OCC. The number of nitrogens with one attached hydrogen (secondary N) is 1. The molecule has 31 heavy (non-hydrogen) atoms. The van der Waals surface area contributed by atoms with Crippen LogP contribution in [0.1, 0.15) is 62.9 Å². The lowest BCUT2D eigenvalue weighted by Gasteiger charge is -2.32. The molecule has 1 heterocycles. The number of rotatable bonds is 8. The molecule has 6 heteroatoms. The van der Waals surface area contributed by atoms with Gasteiger partial charge in [-0.25, -0.2) is 0 Å². The Hall–Kier alpha value is -3.28. The van der Waals surface area contributed by atoms with Crippen molar-refractivity contribution in [3.05, 3.63) is 65.4 Å². The molecule has 2 unspecified atom stereocenters. The molecule has 1 N–H and O–H groups in total. The number of fused-ring (bicyclic) bond motifs is 1. The quantitative estimate of drug-likeness (QED) is 0.674. The molecule has 0 fully saturated rings. The van der Waals surface area contributed by atoms with Crippen LogP contribution in [0.25, 0.3) is 6.08 Å². The molecule has 3 rings (SSSR count). The van der Waals surface area contributed by atoms with Crippen molar-refractivity contribution in [3.8, 4) is 11.5 Å². The Morgan fingerprint density at radius 2 is 1.77 bits per heavy atom. The van der Waals surface area contributed by atoms with Gasteiger partial charge in [-0.1, -0.05) is 30.3 Å². The van der Waals surface area contributed by atoms with Gasteiger partial charge in [-0.05, 0) is 55.7 Å². The lowest BCUT2D eigenvalue weighted by molar-refractivity contribution is -0.130. The minimum absolute atomic E-state index is 0.0931. The van der Waals surface area contributed by atoms with Gasteiger partial charge in [-0.2, -0.15) is 0 Å². The van der Waals surface area contributed by atoms with Crippen molar-refractivity contribution in [3.63, 3.8) is 0 Å². The van der Waals surface area contributed by atoms with Crippen molar-refractivity contribution >= 4 is 17.9 Å². The Morgan fingerprint density at radius 3 is 2.48 bits per heavy atom. The first-order valence-electron chi connectivity index (χ1n) is 10.7. The maximum Gasteiger partial charge on any atom is 0.223 e. The first-order chi connectivity index (χ1) is 14.9. The second kappa shape index (κ2) is 10.2. The van der Waals surface area contributed by atoms with E-state index in [0.717, 1.165) is 16.7 Å². The van der Waals surface area contributed by atoms with Gasteiger partial charge < -0.3 is 19.7 Å². The third kappa shape index (κ3) is 5.26. The summed E-state index contributed by atoms with van der Waals surface area (Å²) >= 11 is 0. The molecule has 2 aromatic carbocycles. The van der Waals surface area contributed by atoms with Gasteiger partial charge in [0.1, 0.15) is 0 Å². The van der Waals surface area contributed by atoms with Crippen LogP contribution in [0.5, 0.6) is 11.5 Å². The highest BCUT2D eigenvalue weighted by Gasteiger charge is 2.28. The fourth-order valence-electron chi connectivity index (χ4n) is 3.81. The zero-order valence-corrected chi connectivity index (χ0v) is 18.6. The summed E-state index contributed by atoms with van der Waals surface area (Å²) in [5, 5.41) is 3.06. The standard InChI is InChI=1S/C25H30N2O4/c1-5-30-23-12-11-20(15-24(23)31-6-2)17(3)26-25(29)16-22-21-10-8-7-9-19(21)13-14-27(22)18(4)28/h7-15,17,22H,5-6,16H2,1-4H3,(H,26,29). The summed E-state index contributed by atoms with van der Waals surface area (Å²) in [7, 11) is 0. The van der Waals surface area contributed by atoms with Crippen molar-refractivity contribution in [1.29, 1.82) is 0 Å². The van der Waals surface area contributed by atoms with E-state index in [1.54, 1.807) is 11.1 Å². The zero-order chi connectivity index (χ0) is 22.4. The van der Waals surface area contributed by atoms with Crippen molar-refractivity contribution in [1.82, 2.24) is 10.2 Å². The summed E-state index contributed by atoms with van der Waals surface area (Å²) < 4.78 is 11.3. The number of hydrogen-bond acceptors (Lipinski definition) is 4. The van der Waals surface area contributed by atoms with Crippen molar-refractivity contribution in [2.45, 2.75) is 46.2 Å². The molecule has 0 aromatic heterocycles. The number of nitrogens with zero attached hydrogens (tertiary/aromatic N) is 1. The van der Waals surface area contributed by atoms with E-state index in [2.05, 4.69) is 5.32 Å². The molecule has 164 valence electrons. The summed E-state index contributed by atoms with van der Waals surface area (Å²) in [6, 6.07) is 13.0. The fourth-order valence-corrected chi connectivity index (χ4v) is 3.81. The molecule has 2 amide bonds. The van der Waals surface area contributed by atoms with E-state index in [0.29, 0.717) is 24.7 Å². The minimum Gasteiger partial charge on any atom is -0.490 e. The van der Waals surface area contributed by atoms with E-state index < -0.39 is 0 Å². The highest BCUT2D eigenvalue weighted by Crippen LogP contribution is 2.34. The first kappa shape index (κ1) is 22.4. The van der Waals surface area contributed by atoms with Gasteiger partial charge in [-0.15, -0.1) is 0 Å². The van der Waals surface area contributed by atoms with E-state index >= 15 is 0 Å². The topological polar surface area (TPSA) is 67.9 Å². The van der Waals surface area contributed by atoms with Crippen LogP contribution in [-0.2, 0) is 9.59 Å². The van der Waals surface area contributed by atoms with Crippen LogP contribution >= 0.6 is 0 Å². The highest BCUT2D eigenvalue weighted by atomic mass is 16.5.